The zero-order valence-corrected chi connectivity index (χ0v) is 16.1. The second-order valence-electron chi connectivity index (χ2n) is 6.82. The average Bonchev–Trinajstić information content (AvgIpc) is 2.59. The lowest BCUT2D eigenvalue weighted by Crippen LogP contribution is -2.49. The van der Waals surface area contributed by atoms with Crippen LogP contribution in [0.2, 0.25) is 0 Å². The molecule has 0 saturated carbocycles. The van der Waals surface area contributed by atoms with Gasteiger partial charge in [0.1, 0.15) is 0 Å². The molecule has 1 amide bonds. The summed E-state index contributed by atoms with van der Waals surface area (Å²) in [4.78, 5) is 14.5. The molecule has 2 rings (SSSR count). The maximum absolute atomic E-state index is 12.6. The number of carbonyl (C=O) groups is 1. The fourth-order valence-electron chi connectivity index (χ4n) is 3.13. The van der Waals surface area contributed by atoms with Crippen LogP contribution in [0.3, 0.4) is 0 Å². The van der Waals surface area contributed by atoms with Crippen molar-refractivity contribution in [2.75, 3.05) is 26.7 Å². The van der Waals surface area contributed by atoms with E-state index < -0.39 is 16.1 Å². The van der Waals surface area contributed by atoms with Crippen LogP contribution in [-0.2, 0) is 14.8 Å². The number of hydrogen-bond donors (Lipinski definition) is 2. The number of piperidine rings is 1. The van der Waals surface area contributed by atoms with Crippen molar-refractivity contribution in [3.8, 4) is 0 Å². The van der Waals surface area contributed by atoms with Gasteiger partial charge in [-0.05, 0) is 64.8 Å². The Morgan fingerprint density at radius 3 is 2.40 bits per heavy atom. The van der Waals surface area contributed by atoms with E-state index in [0.29, 0.717) is 19.0 Å². The molecule has 0 spiro atoms. The number of nitrogens with one attached hydrogen (secondary N) is 2. The van der Waals surface area contributed by atoms with E-state index in [9.17, 15) is 13.2 Å². The van der Waals surface area contributed by atoms with E-state index in [2.05, 4.69) is 10.0 Å². The second-order valence-corrected chi connectivity index (χ2v) is 8.53. The molecule has 0 aliphatic carbocycles. The smallest absolute Gasteiger partial charge is 0.241 e. The molecule has 1 unspecified atom stereocenters. The highest BCUT2D eigenvalue weighted by Gasteiger charge is 2.28. The number of nitrogens with zero attached hydrogens (tertiary/aromatic N) is 1. The first kappa shape index (κ1) is 19.9. The van der Waals surface area contributed by atoms with E-state index in [1.165, 1.54) is 0 Å². The summed E-state index contributed by atoms with van der Waals surface area (Å²) >= 11 is 0. The Hall–Kier alpha value is -1.44. The van der Waals surface area contributed by atoms with Crippen molar-refractivity contribution in [2.24, 2.45) is 5.92 Å². The van der Waals surface area contributed by atoms with Crippen LogP contribution in [0.5, 0.6) is 0 Å². The maximum atomic E-state index is 12.6. The van der Waals surface area contributed by atoms with Crippen LogP contribution in [0, 0.1) is 12.8 Å². The van der Waals surface area contributed by atoms with Crippen LogP contribution in [0.15, 0.2) is 29.2 Å². The van der Waals surface area contributed by atoms with Crippen molar-refractivity contribution in [3.63, 3.8) is 0 Å². The first-order valence-corrected chi connectivity index (χ1v) is 10.3. The fourth-order valence-corrected chi connectivity index (χ4v) is 4.33. The number of likely N-dealkylation sites (tertiary alicyclic amines) is 1. The number of hydrogen-bond acceptors (Lipinski definition) is 4. The molecular formula is C18H29N3O3S. The van der Waals surface area contributed by atoms with E-state index in [0.717, 1.165) is 31.4 Å². The second kappa shape index (κ2) is 8.78. The summed E-state index contributed by atoms with van der Waals surface area (Å²) in [6.07, 6.45) is 3.07. The van der Waals surface area contributed by atoms with Crippen molar-refractivity contribution in [2.45, 2.75) is 44.0 Å². The van der Waals surface area contributed by atoms with Gasteiger partial charge in [-0.1, -0.05) is 17.7 Å². The van der Waals surface area contributed by atoms with Gasteiger partial charge in [-0.15, -0.1) is 0 Å². The van der Waals surface area contributed by atoms with Crippen molar-refractivity contribution in [3.05, 3.63) is 29.8 Å². The van der Waals surface area contributed by atoms with Crippen LogP contribution >= 0.6 is 0 Å². The number of aryl methyl sites for hydroxylation is 1. The Labute approximate surface area is 151 Å². The number of sulfonamides is 1. The monoisotopic (exact) mass is 367 g/mol. The molecule has 1 atom stereocenters. The third kappa shape index (κ3) is 5.52. The summed E-state index contributed by atoms with van der Waals surface area (Å²) in [5, 5.41) is 3.15. The van der Waals surface area contributed by atoms with E-state index >= 15 is 0 Å². The van der Waals surface area contributed by atoms with Gasteiger partial charge in [0.15, 0.2) is 0 Å². The van der Waals surface area contributed by atoms with Crippen molar-refractivity contribution in [1.29, 1.82) is 0 Å². The zero-order valence-electron chi connectivity index (χ0n) is 15.3. The molecule has 2 N–H and O–H groups in total. The highest BCUT2D eigenvalue weighted by Crippen LogP contribution is 2.21. The summed E-state index contributed by atoms with van der Waals surface area (Å²) < 4.78 is 27.4. The molecule has 0 bridgehead atoms. The van der Waals surface area contributed by atoms with Gasteiger partial charge in [0.25, 0.3) is 0 Å². The zero-order chi connectivity index (χ0) is 18.4. The lowest BCUT2D eigenvalue weighted by atomic mass is 9.93. The molecule has 1 aliphatic rings. The molecule has 1 saturated heterocycles. The van der Waals surface area contributed by atoms with Crippen molar-refractivity contribution < 1.29 is 13.2 Å². The number of carbonyl (C=O) groups excluding carboxylic acids is 1. The normalized spacial score (nSPS) is 17.5. The average molecular weight is 368 g/mol. The number of benzene rings is 1. The van der Waals surface area contributed by atoms with E-state index in [4.69, 9.17) is 0 Å². The summed E-state index contributed by atoms with van der Waals surface area (Å²) in [7, 11) is -1.74. The van der Waals surface area contributed by atoms with E-state index in [1.54, 1.807) is 36.1 Å². The lowest BCUT2D eigenvalue weighted by molar-refractivity contribution is -0.134. The number of rotatable bonds is 7. The van der Waals surface area contributed by atoms with Gasteiger partial charge in [0, 0.05) is 13.1 Å². The summed E-state index contributed by atoms with van der Waals surface area (Å²) in [5.41, 5.74) is 0.990. The predicted molar refractivity (Wildman–Crippen MR) is 98.8 cm³/mol. The van der Waals surface area contributed by atoms with Crippen LogP contribution in [0.1, 0.15) is 31.7 Å². The third-order valence-corrected chi connectivity index (χ3v) is 6.32. The first-order valence-electron chi connectivity index (χ1n) is 8.86. The van der Waals surface area contributed by atoms with Crippen LogP contribution < -0.4 is 10.0 Å². The van der Waals surface area contributed by atoms with Crippen molar-refractivity contribution in [1.82, 2.24) is 14.9 Å². The Kier molecular flexibility index (Phi) is 6.98. The third-order valence-electron chi connectivity index (χ3n) is 4.76. The molecule has 25 heavy (non-hydrogen) atoms. The fraction of sp³-hybridized carbons (Fsp3) is 0.611. The maximum Gasteiger partial charge on any atom is 0.241 e. The predicted octanol–water partition coefficient (Wildman–Crippen LogP) is 1.51. The number of amides is 1. The molecule has 1 heterocycles. The van der Waals surface area contributed by atoms with E-state index in [-0.39, 0.29) is 10.8 Å². The minimum absolute atomic E-state index is 0.150. The Balaban J connectivity index is 1.91. The minimum Gasteiger partial charge on any atom is -0.341 e. The highest BCUT2D eigenvalue weighted by atomic mass is 32.2. The SMILES string of the molecule is CNCCC1CCN(C(=O)C(C)NS(=O)(=O)c2ccc(C)cc2)CC1. The van der Waals surface area contributed by atoms with Gasteiger partial charge in [0.05, 0.1) is 10.9 Å². The molecule has 140 valence electrons. The standard InChI is InChI=1S/C18H29N3O3S/c1-14-4-6-17(7-5-14)25(23,24)20-15(2)18(22)21-12-9-16(10-13-21)8-11-19-3/h4-7,15-16,19-20H,8-13H2,1-3H3. The van der Waals surface area contributed by atoms with Crippen LogP contribution in [0.4, 0.5) is 0 Å². The Bertz CT molecular complexity index is 665. The molecule has 1 aliphatic heterocycles. The van der Waals surface area contributed by atoms with Gasteiger partial charge in [-0.25, -0.2) is 8.42 Å². The van der Waals surface area contributed by atoms with Crippen LogP contribution in [-0.4, -0.2) is 51.9 Å². The molecule has 1 aromatic rings. The van der Waals surface area contributed by atoms with E-state index in [1.807, 2.05) is 14.0 Å². The molecular weight excluding hydrogens is 338 g/mol. The topological polar surface area (TPSA) is 78.5 Å². The van der Waals surface area contributed by atoms with Gasteiger partial charge >= 0.3 is 0 Å². The highest BCUT2D eigenvalue weighted by molar-refractivity contribution is 7.89. The van der Waals surface area contributed by atoms with Gasteiger partial charge in [-0.2, -0.15) is 4.72 Å². The summed E-state index contributed by atoms with van der Waals surface area (Å²) in [5.74, 6) is 0.485. The first-order chi connectivity index (χ1) is 11.8. The summed E-state index contributed by atoms with van der Waals surface area (Å²) in [6, 6.07) is 5.85. The molecule has 1 fully saturated rings. The largest absolute Gasteiger partial charge is 0.341 e. The molecule has 0 aromatic heterocycles. The molecule has 1 aromatic carbocycles. The summed E-state index contributed by atoms with van der Waals surface area (Å²) in [6.45, 7) is 5.90. The quantitative estimate of drug-likeness (QED) is 0.766. The lowest BCUT2D eigenvalue weighted by Gasteiger charge is -2.33. The molecule has 6 nitrogen and oxygen atoms in total. The molecule has 7 heteroatoms. The van der Waals surface area contributed by atoms with Gasteiger partial charge in [0.2, 0.25) is 15.9 Å². The molecule has 0 radical (unpaired) electrons. The minimum atomic E-state index is -3.69. The Morgan fingerprint density at radius 1 is 1.24 bits per heavy atom. The van der Waals surface area contributed by atoms with Crippen molar-refractivity contribution >= 4 is 15.9 Å². The van der Waals surface area contributed by atoms with Gasteiger partial charge < -0.3 is 10.2 Å². The van der Waals surface area contributed by atoms with Gasteiger partial charge in [-0.3, -0.25) is 4.79 Å². The van der Waals surface area contributed by atoms with Crippen LogP contribution in [0.25, 0.3) is 0 Å². The Morgan fingerprint density at radius 2 is 1.84 bits per heavy atom.